The third-order valence-corrected chi connectivity index (χ3v) is 5.95. The molecule has 0 spiro atoms. The quantitative estimate of drug-likeness (QED) is 0.871. The van der Waals surface area contributed by atoms with E-state index in [9.17, 15) is 4.79 Å². The lowest BCUT2D eigenvalue weighted by molar-refractivity contribution is -0.0109. The third-order valence-electron chi connectivity index (χ3n) is 4.92. The van der Waals surface area contributed by atoms with Gasteiger partial charge in [0, 0.05) is 24.6 Å². The normalized spacial score (nSPS) is 19.7. The third kappa shape index (κ3) is 4.02. The summed E-state index contributed by atoms with van der Waals surface area (Å²) in [5, 5.41) is 5.12. The van der Waals surface area contributed by atoms with Crippen molar-refractivity contribution in [2.24, 2.45) is 0 Å². The molecular formula is C20H24N2O3S. The number of carbonyl (C=O) groups is 1. The van der Waals surface area contributed by atoms with Gasteiger partial charge >= 0.3 is 6.03 Å². The van der Waals surface area contributed by atoms with Gasteiger partial charge in [0.1, 0.15) is 12.4 Å². The summed E-state index contributed by atoms with van der Waals surface area (Å²) in [5.41, 5.74) is 1.97. The Morgan fingerprint density at radius 2 is 2.23 bits per heavy atom. The molecule has 0 aliphatic carbocycles. The Bertz CT molecular complexity index is 755. The van der Waals surface area contributed by atoms with Gasteiger partial charge in [-0.15, -0.1) is 11.3 Å². The molecule has 26 heavy (non-hydrogen) atoms. The van der Waals surface area contributed by atoms with E-state index in [2.05, 4.69) is 16.8 Å². The van der Waals surface area contributed by atoms with E-state index in [1.165, 1.54) is 16.9 Å². The van der Waals surface area contributed by atoms with Crippen molar-refractivity contribution in [2.75, 3.05) is 25.1 Å². The van der Waals surface area contributed by atoms with Crippen LogP contribution in [0.3, 0.4) is 0 Å². The van der Waals surface area contributed by atoms with E-state index in [-0.39, 0.29) is 12.1 Å². The average Bonchev–Trinajstić information content (AvgIpc) is 3.16. The van der Waals surface area contributed by atoms with E-state index >= 15 is 0 Å². The monoisotopic (exact) mass is 372 g/mol. The van der Waals surface area contributed by atoms with Crippen molar-refractivity contribution in [1.29, 1.82) is 0 Å². The van der Waals surface area contributed by atoms with E-state index in [1.807, 2.05) is 29.2 Å². The summed E-state index contributed by atoms with van der Waals surface area (Å²) in [6.07, 6.45) is 4.42. The lowest BCUT2D eigenvalue weighted by Gasteiger charge is -2.27. The number of fused-ring (bicyclic) bond motifs is 1. The zero-order valence-electron chi connectivity index (χ0n) is 14.8. The van der Waals surface area contributed by atoms with Gasteiger partial charge in [-0.25, -0.2) is 4.79 Å². The van der Waals surface area contributed by atoms with E-state index in [4.69, 9.17) is 9.47 Å². The van der Waals surface area contributed by atoms with Crippen LogP contribution in [0.2, 0.25) is 0 Å². The van der Waals surface area contributed by atoms with Crippen LogP contribution in [0.1, 0.15) is 29.7 Å². The summed E-state index contributed by atoms with van der Waals surface area (Å²) in [6, 6.07) is 9.64. The standard InChI is InChI=1S/C20H24N2O3S/c23-20(22-10-8-19-15(13-22)9-12-26-19)21-17-6-1-2-7-18(17)25-14-16-5-3-4-11-24-16/h1-2,6-7,9,12,16H,3-5,8,10-11,13-14H2,(H,21,23)/t16-/m1/s1. The van der Waals surface area contributed by atoms with Crippen molar-refractivity contribution in [3.05, 3.63) is 46.2 Å². The molecular weight excluding hydrogens is 348 g/mol. The molecule has 5 nitrogen and oxygen atoms in total. The number of nitrogens with one attached hydrogen (secondary N) is 1. The molecule has 1 aromatic heterocycles. The van der Waals surface area contributed by atoms with Gasteiger partial charge in [0.2, 0.25) is 0 Å². The number of urea groups is 1. The number of anilines is 1. The largest absolute Gasteiger partial charge is 0.489 e. The number of thiophene rings is 1. The number of amides is 2. The highest BCUT2D eigenvalue weighted by Crippen LogP contribution is 2.27. The molecule has 1 N–H and O–H groups in total. The van der Waals surface area contributed by atoms with E-state index in [0.717, 1.165) is 32.4 Å². The second-order valence-electron chi connectivity index (χ2n) is 6.77. The first kappa shape index (κ1) is 17.4. The number of carbonyl (C=O) groups excluding carboxylic acids is 1. The van der Waals surface area contributed by atoms with Gasteiger partial charge in [-0.2, -0.15) is 0 Å². The maximum atomic E-state index is 12.7. The molecule has 2 aliphatic heterocycles. The van der Waals surface area contributed by atoms with Gasteiger partial charge in [-0.3, -0.25) is 0 Å². The second kappa shape index (κ2) is 8.10. The SMILES string of the molecule is O=C(Nc1ccccc1OC[C@H]1CCCCO1)N1CCc2sccc2C1. The first-order chi connectivity index (χ1) is 12.8. The fourth-order valence-electron chi connectivity index (χ4n) is 3.43. The molecule has 2 aromatic rings. The fourth-order valence-corrected chi connectivity index (χ4v) is 4.32. The summed E-state index contributed by atoms with van der Waals surface area (Å²) in [7, 11) is 0. The zero-order valence-corrected chi connectivity index (χ0v) is 15.6. The van der Waals surface area contributed by atoms with Crippen LogP contribution in [0.25, 0.3) is 0 Å². The first-order valence-corrected chi connectivity index (χ1v) is 10.1. The predicted octanol–water partition coefficient (Wildman–Crippen LogP) is 4.29. The molecule has 6 heteroatoms. The summed E-state index contributed by atoms with van der Waals surface area (Å²) in [4.78, 5) is 15.9. The van der Waals surface area contributed by atoms with Crippen LogP contribution < -0.4 is 10.1 Å². The van der Waals surface area contributed by atoms with Crippen molar-refractivity contribution < 1.29 is 14.3 Å². The van der Waals surface area contributed by atoms with Gasteiger partial charge < -0.3 is 19.7 Å². The number of ether oxygens (including phenoxy) is 2. The maximum absolute atomic E-state index is 12.7. The van der Waals surface area contributed by atoms with Crippen LogP contribution in [-0.4, -0.2) is 36.8 Å². The van der Waals surface area contributed by atoms with Crippen molar-refractivity contribution in [3.8, 4) is 5.75 Å². The average molecular weight is 372 g/mol. The number of benzene rings is 1. The van der Waals surface area contributed by atoms with Gasteiger partial charge in [-0.05, 0) is 54.8 Å². The molecule has 0 saturated carbocycles. The molecule has 1 fully saturated rings. The highest BCUT2D eigenvalue weighted by molar-refractivity contribution is 7.10. The number of hydrogen-bond donors (Lipinski definition) is 1. The smallest absolute Gasteiger partial charge is 0.322 e. The molecule has 2 aliphatic rings. The molecule has 4 rings (SSSR count). The lowest BCUT2D eigenvalue weighted by Crippen LogP contribution is -2.38. The summed E-state index contributed by atoms with van der Waals surface area (Å²) in [6.45, 7) is 2.75. The minimum Gasteiger partial charge on any atom is -0.489 e. The molecule has 3 heterocycles. The van der Waals surface area contributed by atoms with Gasteiger partial charge in [0.25, 0.3) is 0 Å². The first-order valence-electron chi connectivity index (χ1n) is 9.24. The van der Waals surface area contributed by atoms with Crippen molar-refractivity contribution in [3.63, 3.8) is 0 Å². The van der Waals surface area contributed by atoms with Gasteiger partial charge in [0.05, 0.1) is 11.8 Å². The second-order valence-corrected chi connectivity index (χ2v) is 7.77. The van der Waals surface area contributed by atoms with Crippen LogP contribution in [0.15, 0.2) is 35.7 Å². The van der Waals surface area contributed by atoms with E-state index in [1.54, 1.807) is 11.3 Å². The minimum atomic E-state index is -0.0770. The summed E-state index contributed by atoms with van der Waals surface area (Å²) >= 11 is 1.78. The maximum Gasteiger partial charge on any atom is 0.322 e. The lowest BCUT2D eigenvalue weighted by atomic mass is 10.1. The molecule has 0 bridgehead atoms. The van der Waals surface area contributed by atoms with Crippen LogP contribution in [0.4, 0.5) is 10.5 Å². The number of para-hydroxylation sites is 2. The van der Waals surface area contributed by atoms with Crippen LogP contribution in [0, 0.1) is 0 Å². The number of hydrogen-bond acceptors (Lipinski definition) is 4. The molecule has 0 unspecified atom stereocenters. The molecule has 1 aromatic carbocycles. The number of nitrogens with zero attached hydrogens (tertiary/aromatic N) is 1. The van der Waals surface area contributed by atoms with E-state index < -0.39 is 0 Å². The predicted molar refractivity (Wildman–Crippen MR) is 103 cm³/mol. The Hall–Kier alpha value is -2.05. The molecule has 1 saturated heterocycles. The number of rotatable bonds is 4. The van der Waals surface area contributed by atoms with Gasteiger partial charge in [-0.1, -0.05) is 12.1 Å². The van der Waals surface area contributed by atoms with Crippen LogP contribution in [-0.2, 0) is 17.7 Å². The fraction of sp³-hybridized carbons (Fsp3) is 0.450. The summed E-state index contributed by atoms with van der Waals surface area (Å²) in [5.74, 6) is 0.697. The Balaban J connectivity index is 1.37. The molecule has 2 amide bonds. The highest BCUT2D eigenvalue weighted by atomic mass is 32.1. The van der Waals surface area contributed by atoms with Crippen LogP contribution in [0.5, 0.6) is 5.75 Å². The summed E-state index contributed by atoms with van der Waals surface area (Å²) < 4.78 is 11.7. The molecule has 1 atom stereocenters. The van der Waals surface area contributed by atoms with Crippen LogP contribution >= 0.6 is 11.3 Å². The molecule has 138 valence electrons. The van der Waals surface area contributed by atoms with Crippen molar-refractivity contribution in [1.82, 2.24) is 4.90 Å². The van der Waals surface area contributed by atoms with Crippen molar-refractivity contribution >= 4 is 23.1 Å². The Morgan fingerprint density at radius 3 is 3.12 bits per heavy atom. The minimum absolute atomic E-state index is 0.0770. The zero-order chi connectivity index (χ0) is 17.8. The Labute approximate surface area is 157 Å². The topological polar surface area (TPSA) is 50.8 Å². The molecule has 0 radical (unpaired) electrons. The Morgan fingerprint density at radius 1 is 1.31 bits per heavy atom. The van der Waals surface area contributed by atoms with Gasteiger partial charge in [0.15, 0.2) is 0 Å². The Kier molecular flexibility index (Phi) is 5.41. The highest BCUT2D eigenvalue weighted by Gasteiger charge is 2.22. The van der Waals surface area contributed by atoms with E-state index in [0.29, 0.717) is 24.6 Å². The van der Waals surface area contributed by atoms with Crippen molar-refractivity contribution in [2.45, 2.75) is 38.3 Å².